The molecule has 1 aromatic carbocycles. The van der Waals surface area contributed by atoms with Crippen LogP contribution in [0.3, 0.4) is 0 Å². The van der Waals surface area contributed by atoms with Crippen LogP contribution in [0.2, 0.25) is 0 Å². The average Bonchev–Trinajstić information content (AvgIpc) is 3.19. The van der Waals surface area contributed by atoms with Gasteiger partial charge in [0.2, 0.25) is 5.95 Å². The van der Waals surface area contributed by atoms with Gasteiger partial charge in [0.15, 0.2) is 5.65 Å². The molecule has 180 valence electrons. The number of carbonyl (C=O) groups excluding carboxylic acids is 1. The van der Waals surface area contributed by atoms with E-state index in [4.69, 9.17) is 10.00 Å². The summed E-state index contributed by atoms with van der Waals surface area (Å²) in [6.45, 7) is 2.51. The van der Waals surface area contributed by atoms with E-state index < -0.39 is 6.09 Å². The molecule has 2 N–H and O–H groups in total. The van der Waals surface area contributed by atoms with Crippen LogP contribution in [0.15, 0.2) is 30.5 Å². The summed E-state index contributed by atoms with van der Waals surface area (Å²) in [5.74, 6) is 0.963. The number of aromatic nitrogens is 3. The SMILES string of the molecule is CN(C(=O)O)c1nc2ncc(-c3ccc4c(c3)CN(C(=O)N3CCC(C#N)CC3)CCO4)cc2[nH]1. The van der Waals surface area contributed by atoms with Gasteiger partial charge in [0.25, 0.3) is 0 Å². The highest BCUT2D eigenvalue weighted by Crippen LogP contribution is 2.31. The Morgan fingerprint density at radius 2 is 2.00 bits per heavy atom. The monoisotopic (exact) mass is 475 g/mol. The summed E-state index contributed by atoms with van der Waals surface area (Å²) in [6.07, 6.45) is 1.99. The first-order chi connectivity index (χ1) is 16.9. The molecule has 2 aromatic heterocycles. The van der Waals surface area contributed by atoms with Gasteiger partial charge in [-0.15, -0.1) is 0 Å². The molecule has 0 atom stereocenters. The van der Waals surface area contributed by atoms with E-state index in [1.807, 2.05) is 29.2 Å². The van der Waals surface area contributed by atoms with Crippen LogP contribution in [0, 0.1) is 17.2 Å². The Morgan fingerprint density at radius 3 is 2.74 bits per heavy atom. The van der Waals surface area contributed by atoms with Crippen LogP contribution in [0.25, 0.3) is 22.3 Å². The van der Waals surface area contributed by atoms with Crippen LogP contribution in [0.5, 0.6) is 5.75 Å². The molecule has 5 rings (SSSR count). The third-order valence-corrected chi connectivity index (χ3v) is 6.52. The van der Waals surface area contributed by atoms with Gasteiger partial charge in [0, 0.05) is 43.4 Å². The van der Waals surface area contributed by atoms with Gasteiger partial charge in [-0.25, -0.2) is 14.6 Å². The smallest absolute Gasteiger partial charge is 0.413 e. The van der Waals surface area contributed by atoms with Gasteiger partial charge >= 0.3 is 12.1 Å². The molecular weight excluding hydrogens is 450 g/mol. The third kappa shape index (κ3) is 4.42. The minimum absolute atomic E-state index is 0.0243. The number of pyridine rings is 1. The van der Waals surface area contributed by atoms with Crippen LogP contribution in [0.1, 0.15) is 18.4 Å². The molecule has 0 radical (unpaired) electrons. The number of piperidine rings is 1. The van der Waals surface area contributed by atoms with E-state index in [0.717, 1.165) is 27.3 Å². The van der Waals surface area contributed by atoms with E-state index in [1.54, 1.807) is 11.1 Å². The summed E-state index contributed by atoms with van der Waals surface area (Å²) in [5.41, 5.74) is 3.67. The summed E-state index contributed by atoms with van der Waals surface area (Å²) < 4.78 is 5.92. The topological polar surface area (TPSA) is 139 Å². The molecule has 2 aliphatic heterocycles. The standard InChI is InChI=1S/C24H25N7O4/c1-29(24(33)34)22-27-19-11-17(13-26-21(19)28-22)16-2-3-20-18(10-16)14-31(8-9-35-20)23(32)30-6-4-15(12-25)5-7-30/h2-3,10-11,13,15H,4-9,14H2,1H3,(H,33,34)(H,26,27,28). The zero-order chi connectivity index (χ0) is 24.5. The number of nitriles is 1. The minimum Gasteiger partial charge on any atom is -0.491 e. The zero-order valence-electron chi connectivity index (χ0n) is 19.3. The van der Waals surface area contributed by atoms with Crippen LogP contribution in [0.4, 0.5) is 15.5 Å². The third-order valence-electron chi connectivity index (χ3n) is 6.52. The van der Waals surface area contributed by atoms with E-state index >= 15 is 0 Å². The first-order valence-corrected chi connectivity index (χ1v) is 11.4. The van der Waals surface area contributed by atoms with Crippen molar-refractivity contribution in [1.82, 2.24) is 24.8 Å². The lowest BCUT2D eigenvalue weighted by Crippen LogP contribution is -2.46. The molecule has 4 heterocycles. The lowest BCUT2D eigenvalue weighted by molar-refractivity contribution is 0.132. The summed E-state index contributed by atoms with van der Waals surface area (Å²) in [5, 5.41) is 18.3. The Kier molecular flexibility index (Phi) is 5.86. The number of urea groups is 1. The van der Waals surface area contributed by atoms with Crippen molar-refractivity contribution in [3.63, 3.8) is 0 Å². The van der Waals surface area contributed by atoms with Gasteiger partial charge in [-0.2, -0.15) is 10.2 Å². The van der Waals surface area contributed by atoms with Crippen molar-refractivity contribution in [1.29, 1.82) is 5.26 Å². The number of carbonyl (C=O) groups is 2. The molecule has 0 spiro atoms. The molecule has 0 saturated carbocycles. The zero-order valence-corrected chi connectivity index (χ0v) is 19.3. The molecule has 3 aromatic rings. The largest absolute Gasteiger partial charge is 0.491 e. The van der Waals surface area contributed by atoms with Crippen LogP contribution >= 0.6 is 0 Å². The fourth-order valence-corrected chi connectivity index (χ4v) is 4.43. The second-order valence-corrected chi connectivity index (χ2v) is 8.76. The molecule has 0 bridgehead atoms. The van der Waals surface area contributed by atoms with Gasteiger partial charge in [0.1, 0.15) is 12.4 Å². The van der Waals surface area contributed by atoms with Gasteiger partial charge < -0.3 is 24.6 Å². The maximum absolute atomic E-state index is 13.2. The van der Waals surface area contributed by atoms with Crippen LogP contribution in [-0.4, -0.2) is 75.3 Å². The van der Waals surface area contributed by atoms with Crippen molar-refractivity contribution in [3.8, 4) is 22.9 Å². The number of H-pyrrole nitrogens is 1. The molecular formula is C24H25N7O4. The number of rotatable bonds is 2. The number of ether oxygens (including phenoxy) is 1. The number of likely N-dealkylation sites (tertiary alicyclic amines) is 1. The Bertz CT molecular complexity index is 1320. The lowest BCUT2D eigenvalue weighted by atomic mass is 9.99. The Hall–Kier alpha value is -4.33. The number of nitrogens with zero attached hydrogens (tertiary/aromatic N) is 6. The van der Waals surface area contributed by atoms with Crippen molar-refractivity contribution >= 4 is 29.2 Å². The first kappa shape index (κ1) is 22.5. The minimum atomic E-state index is -1.12. The number of carboxylic acid groups (broad SMARTS) is 1. The second kappa shape index (κ2) is 9.13. The number of imidazole rings is 1. The maximum atomic E-state index is 13.2. The summed E-state index contributed by atoms with van der Waals surface area (Å²) in [7, 11) is 1.41. The number of hydrogen-bond acceptors (Lipinski definition) is 6. The van der Waals surface area contributed by atoms with Crippen molar-refractivity contribution < 1.29 is 19.4 Å². The van der Waals surface area contributed by atoms with Crippen molar-refractivity contribution in [3.05, 3.63) is 36.0 Å². The molecule has 0 aliphatic carbocycles. The second-order valence-electron chi connectivity index (χ2n) is 8.76. The highest BCUT2D eigenvalue weighted by Gasteiger charge is 2.28. The molecule has 1 saturated heterocycles. The van der Waals surface area contributed by atoms with E-state index in [1.165, 1.54) is 7.05 Å². The highest BCUT2D eigenvalue weighted by molar-refractivity contribution is 5.87. The number of anilines is 1. The molecule has 3 amide bonds. The summed E-state index contributed by atoms with van der Waals surface area (Å²) in [6, 6.07) is 9.97. The van der Waals surface area contributed by atoms with Gasteiger partial charge in [-0.3, -0.25) is 4.90 Å². The number of aromatic amines is 1. The van der Waals surface area contributed by atoms with E-state index in [9.17, 15) is 14.7 Å². The van der Waals surface area contributed by atoms with Crippen molar-refractivity contribution in [2.75, 3.05) is 38.2 Å². The van der Waals surface area contributed by atoms with Crippen molar-refractivity contribution in [2.24, 2.45) is 5.92 Å². The lowest BCUT2D eigenvalue weighted by Gasteiger charge is -2.33. The van der Waals surface area contributed by atoms with Crippen LogP contribution in [-0.2, 0) is 6.54 Å². The predicted molar refractivity (Wildman–Crippen MR) is 127 cm³/mol. The summed E-state index contributed by atoms with van der Waals surface area (Å²) in [4.78, 5) is 40.6. The average molecular weight is 476 g/mol. The molecule has 0 unspecified atom stereocenters. The Morgan fingerprint density at radius 1 is 1.20 bits per heavy atom. The summed E-state index contributed by atoms with van der Waals surface area (Å²) >= 11 is 0. The van der Waals surface area contributed by atoms with Gasteiger partial charge in [-0.05, 0) is 36.6 Å². The van der Waals surface area contributed by atoms with Gasteiger partial charge in [0.05, 0.1) is 24.7 Å². The highest BCUT2D eigenvalue weighted by atomic mass is 16.5. The quantitative estimate of drug-likeness (QED) is 0.580. The molecule has 11 heteroatoms. The number of fused-ring (bicyclic) bond motifs is 2. The predicted octanol–water partition coefficient (Wildman–Crippen LogP) is 3.29. The Balaban J connectivity index is 1.38. The van der Waals surface area contributed by atoms with E-state index in [2.05, 4.69) is 21.0 Å². The molecule has 2 aliphatic rings. The fourth-order valence-electron chi connectivity index (χ4n) is 4.43. The number of hydrogen-bond donors (Lipinski definition) is 2. The van der Waals surface area contributed by atoms with E-state index in [-0.39, 0.29) is 17.9 Å². The molecule has 11 nitrogen and oxygen atoms in total. The van der Waals surface area contributed by atoms with Gasteiger partial charge in [-0.1, -0.05) is 6.07 Å². The fraction of sp³-hybridized carbons (Fsp3) is 0.375. The first-order valence-electron chi connectivity index (χ1n) is 11.4. The number of amides is 3. The molecule has 35 heavy (non-hydrogen) atoms. The maximum Gasteiger partial charge on any atom is 0.413 e. The van der Waals surface area contributed by atoms with Crippen LogP contribution < -0.4 is 9.64 Å². The number of benzene rings is 1. The number of nitrogens with one attached hydrogen (secondary N) is 1. The normalized spacial score (nSPS) is 16.2. The Labute approximate surface area is 201 Å². The van der Waals surface area contributed by atoms with E-state index in [0.29, 0.717) is 56.8 Å². The van der Waals surface area contributed by atoms with Crippen molar-refractivity contribution in [2.45, 2.75) is 19.4 Å². The molecule has 1 fully saturated rings.